The SMILES string of the molecule is COc1ccccc1O[C@@H]1C[C@@H]2CN(C(=O)CCn3cc(Cl)cn3)C[C@@H]2C[C@H]1O. The van der Waals surface area contributed by atoms with E-state index in [9.17, 15) is 9.90 Å². The molecule has 0 bridgehead atoms. The van der Waals surface area contributed by atoms with Gasteiger partial charge in [0.2, 0.25) is 5.91 Å². The van der Waals surface area contributed by atoms with Gasteiger partial charge >= 0.3 is 0 Å². The van der Waals surface area contributed by atoms with Crippen molar-refractivity contribution in [3.05, 3.63) is 41.7 Å². The lowest BCUT2D eigenvalue weighted by Gasteiger charge is -2.35. The van der Waals surface area contributed by atoms with Crippen LogP contribution in [0.4, 0.5) is 0 Å². The second kappa shape index (κ2) is 8.63. The van der Waals surface area contributed by atoms with Crippen LogP contribution < -0.4 is 9.47 Å². The minimum Gasteiger partial charge on any atom is -0.493 e. The molecule has 1 aliphatic carbocycles. The maximum atomic E-state index is 12.6. The van der Waals surface area contributed by atoms with Gasteiger partial charge in [0.25, 0.3) is 0 Å². The molecule has 1 aromatic carbocycles. The molecule has 0 spiro atoms. The Kier molecular flexibility index (Phi) is 5.96. The molecule has 1 N–H and O–H groups in total. The first-order valence-electron chi connectivity index (χ1n) is 9.97. The van der Waals surface area contributed by atoms with Crippen molar-refractivity contribution in [1.29, 1.82) is 0 Å². The van der Waals surface area contributed by atoms with Crippen molar-refractivity contribution in [1.82, 2.24) is 14.7 Å². The van der Waals surface area contributed by atoms with Crippen LogP contribution in [0.15, 0.2) is 36.7 Å². The standard InChI is InChI=1S/C21H26ClN3O4/c1-28-18-4-2-3-5-19(18)29-20-9-15-12-24(11-14(15)8-17(20)26)21(27)6-7-25-13-16(22)10-23-25/h2-5,10,13-15,17,20,26H,6-9,11-12H2,1H3/t14-,15+,17+,20+/m0/s1. The van der Waals surface area contributed by atoms with Crippen LogP contribution in [0.25, 0.3) is 0 Å². The van der Waals surface area contributed by atoms with Crippen molar-refractivity contribution in [3.63, 3.8) is 0 Å². The first kappa shape index (κ1) is 20.0. The van der Waals surface area contributed by atoms with E-state index in [-0.39, 0.29) is 12.0 Å². The third-order valence-electron chi connectivity index (χ3n) is 5.94. The first-order valence-corrected chi connectivity index (χ1v) is 10.3. The quantitative estimate of drug-likeness (QED) is 0.778. The van der Waals surface area contributed by atoms with Gasteiger partial charge in [-0.25, -0.2) is 0 Å². The summed E-state index contributed by atoms with van der Waals surface area (Å²) < 4.78 is 13.1. The predicted octanol–water partition coefficient (Wildman–Crippen LogP) is 2.61. The molecular formula is C21H26ClN3O4. The second-order valence-electron chi connectivity index (χ2n) is 7.84. The van der Waals surface area contributed by atoms with Gasteiger partial charge in [0.15, 0.2) is 11.5 Å². The highest BCUT2D eigenvalue weighted by Gasteiger charge is 2.43. The number of hydrogen-bond acceptors (Lipinski definition) is 5. The van der Waals surface area contributed by atoms with E-state index in [0.29, 0.717) is 60.8 Å². The second-order valence-corrected chi connectivity index (χ2v) is 8.27. The maximum Gasteiger partial charge on any atom is 0.224 e. The van der Waals surface area contributed by atoms with Gasteiger partial charge in [0.05, 0.1) is 24.4 Å². The highest BCUT2D eigenvalue weighted by Crippen LogP contribution is 2.39. The van der Waals surface area contributed by atoms with Crippen LogP contribution in [0.3, 0.4) is 0 Å². The van der Waals surface area contributed by atoms with E-state index in [2.05, 4.69) is 5.10 Å². The smallest absolute Gasteiger partial charge is 0.224 e. The van der Waals surface area contributed by atoms with Gasteiger partial charge in [0.1, 0.15) is 6.10 Å². The zero-order valence-corrected chi connectivity index (χ0v) is 17.2. The Labute approximate surface area is 175 Å². The molecule has 2 heterocycles. The van der Waals surface area contributed by atoms with Crippen molar-refractivity contribution >= 4 is 17.5 Å². The number of benzene rings is 1. The molecule has 2 fully saturated rings. The molecule has 1 saturated heterocycles. The lowest BCUT2D eigenvalue weighted by Crippen LogP contribution is -2.42. The number of aliphatic hydroxyl groups excluding tert-OH is 1. The van der Waals surface area contributed by atoms with Crippen molar-refractivity contribution < 1.29 is 19.4 Å². The Hall–Kier alpha value is -2.25. The van der Waals surface area contributed by atoms with Gasteiger partial charge in [-0.05, 0) is 36.8 Å². The lowest BCUT2D eigenvalue weighted by atomic mass is 9.78. The van der Waals surface area contributed by atoms with Gasteiger partial charge in [-0.3, -0.25) is 9.48 Å². The number of methoxy groups -OCH3 is 1. The Morgan fingerprint density at radius 1 is 1.24 bits per heavy atom. The topological polar surface area (TPSA) is 76.8 Å². The number of nitrogens with zero attached hydrogens (tertiary/aromatic N) is 3. The highest BCUT2D eigenvalue weighted by molar-refractivity contribution is 6.30. The summed E-state index contributed by atoms with van der Waals surface area (Å²) in [5.74, 6) is 2.06. The van der Waals surface area contributed by atoms with E-state index in [1.165, 1.54) is 0 Å². The maximum absolute atomic E-state index is 12.6. The predicted molar refractivity (Wildman–Crippen MR) is 108 cm³/mol. The highest BCUT2D eigenvalue weighted by atomic mass is 35.5. The van der Waals surface area contributed by atoms with E-state index in [1.807, 2.05) is 29.2 Å². The average molecular weight is 420 g/mol. The number of carbonyl (C=O) groups is 1. The number of para-hydroxylation sites is 2. The van der Waals surface area contributed by atoms with E-state index in [1.54, 1.807) is 24.2 Å². The fraction of sp³-hybridized carbons (Fsp3) is 0.524. The molecule has 7 nitrogen and oxygen atoms in total. The summed E-state index contributed by atoms with van der Waals surface area (Å²) in [6, 6.07) is 7.47. The summed E-state index contributed by atoms with van der Waals surface area (Å²) in [6.45, 7) is 1.92. The summed E-state index contributed by atoms with van der Waals surface area (Å²) in [6.07, 6.45) is 4.19. The third-order valence-corrected chi connectivity index (χ3v) is 6.14. The van der Waals surface area contributed by atoms with Gasteiger partial charge < -0.3 is 19.5 Å². The van der Waals surface area contributed by atoms with E-state index in [4.69, 9.17) is 21.1 Å². The van der Waals surface area contributed by atoms with Crippen molar-refractivity contribution in [2.75, 3.05) is 20.2 Å². The van der Waals surface area contributed by atoms with Crippen LogP contribution in [0, 0.1) is 11.8 Å². The molecule has 29 heavy (non-hydrogen) atoms. The Bertz CT molecular complexity index is 858. The van der Waals surface area contributed by atoms with E-state index >= 15 is 0 Å². The molecule has 8 heteroatoms. The monoisotopic (exact) mass is 419 g/mol. The molecule has 4 atom stereocenters. The zero-order chi connectivity index (χ0) is 20.4. The van der Waals surface area contributed by atoms with Crippen molar-refractivity contribution in [3.8, 4) is 11.5 Å². The normalized spacial score (nSPS) is 26.2. The van der Waals surface area contributed by atoms with Crippen LogP contribution >= 0.6 is 11.6 Å². The Morgan fingerprint density at radius 3 is 2.66 bits per heavy atom. The van der Waals surface area contributed by atoms with Crippen molar-refractivity contribution in [2.24, 2.45) is 11.8 Å². The Morgan fingerprint density at radius 2 is 1.97 bits per heavy atom. The lowest BCUT2D eigenvalue weighted by molar-refractivity contribution is -0.130. The minimum atomic E-state index is -0.553. The number of rotatable bonds is 6. The van der Waals surface area contributed by atoms with Crippen LogP contribution in [-0.4, -0.2) is 58.1 Å². The van der Waals surface area contributed by atoms with Crippen LogP contribution in [-0.2, 0) is 11.3 Å². The molecular weight excluding hydrogens is 394 g/mol. The summed E-state index contributed by atoms with van der Waals surface area (Å²) in [7, 11) is 1.60. The van der Waals surface area contributed by atoms with Crippen LogP contribution in [0.5, 0.6) is 11.5 Å². The number of amides is 1. The number of hydrogen-bond donors (Lipinski definition) is 1. The van der Waals surface area contributed by atoms with Gasteiger partial charge in [-0.1, -0.05) is 23.7 Å². The first-order chi connectivity index (χ1) is 14.0. The number of aromatic nitrogens is 2. The number of aliphatic hydroxyl groups is 1. The fourth-order valence-electron chi connectivity index (χ4n) is 4.43. The van der Waals surface area contributed by atoms with E-state index in [0.717, 1.165) is 6.42 Å². The fourth-order valence-corrected chi connectivity index (χ4v) is 4.59. The molecule has 1 aliphatic heterocycles. The summed E-state index contributed by atoms with van der Waals surface area (Å²) >= 11 is 5.87. The average Bonchev–Trinajstić information content (AvgIpc) is 3.32. The molecule has 156 valence electrons. The summed E-state index contributed by atoms with van der Waals surface area (Å²) in [5.41, 5.74) is 0. The number of halogens is 1. The van der Waals surface area contributed by atoms with Gasteiger partial charge in [0, 0.05) is 32.3 Å². The molecule has 0 radical (unpaired) electrons. The number of ether oxygens (including phenoxy) is 2. The largest absolute Gasteiger partial charge is 0.493 e. The Balaban J connectivity index is 1.34. The van der Waals surface area contributed by atoms with Crippen LogP contribution in [0.1, 0.15) is 19.3 Å². The number of likely N-dealkylation sites (tertiary alicyclic amines) is 1. The molecule has 0 unspecified atom stereocenters. The van der Waals surface area contributed by atoms with Crippen LogP contribution in [0.2, 0.25) is 5.02 Å². The van der Waals surface area contributed by atoms with E-state index < -0.39 is 6.10 Å². The summed E-state index contributed by atoms with van der Waals surface area (Å²) in [4.78, 5) is 14.6. The number of fused-ring (bicyclic) bond motifs is 1. The molecule has 2 aliphatic rings. The number of carbonyl (C=O) groups excluding carboxylic acids is 1. The molecule has 1 aromatic heterocycles. The summed E-state index contributed by atoms with van der Waals surface area (Å²) in [5, 5.41) is 15.3. The van der Waals surface area contributed by atoms with Gasteiger partial charge in [-0.2, -0.15) is 5.10 Å². The molecule has 4 rings (SSSR count). The molecule has 2 aromatic rings. The third kappa shape index (κ3) is 4.51. The zero-order valence-electron chi connectivity index (χ0n) is 16.4. The molecule has 1 amide bonds. The van der Waals surface area contributed by atoms with Gasteiger partial charge in [-0.15, -0.1) is 0 Å². The van der Waals surface area contributed by atoms with Crippen molar-refractivity contribution in [2.45, 2.75) is 38.0 Å². The minimum absolute atomic E-state index is 0.114. The molecule has 1 saturated carbocycles. The number of aryl methyl sites for hydroxylation is 1.